The Balaban J connectivity index is 1.48. The normalized spacial score (nSPS) is 18.3. The molecule has 0 spiro atoms. The van der Waals surface area contributed by atoms with Gasteiger partial charge in [0, 0.05) is 17.8 Å². The number of aryl methyl sites for hydroxylation is 1. The predicted molar refractivity (Wildman–Crippen MR) is 95.0 cm³/mol. The molecule has 0 aliphatic carbocycles. The summed E-state index contributed by atoms with van der Waals surface area (Å²) in [5.74, 6) is 1.80. The molecule has 24 heavy (non-hydrogen) atoms. The van der Waals surface area contributed by atoms with Crippen molar-refractivity contribution >= 4 is 11.3 Å². The molecule has 0 radical (unpaired) electrons. The largest absolute Gasteiger partial charge is 0.444 e. The SMILES string of the molecule is Cc1ncsc1CN1CCCC1c1ncc(Cc2ccccc2)o1. The van der Waals surface area contributed by atoms with Gasteiger partial charge in [0.1, 0.15) is 5.76 Å². The third-order valence-electron chi connectivity index (χ3n) is 4.63. The smallest absolute Gasteiger partial charge is 0.211 e. The molecule has 124 valence electrons. The number of hydrogen-bond donors (Lipinski definition) is 0. The molecule has 1 unspecified atom stereocenters. The molecular weight excluding hydrogens is 318 g/mol. The van der Waals surface area contributed by atoms with Crippen LogP contribution in [0.15, 0.2) is 46.5 Å². The van der Waals surface area contributed by atoms with Crippen LogP contribution < -0.4 is 0 Å². The van der Waals surface area contributed by atoms with E-state index in [1.807, 2.05) is 17.8 Å². The number of thiazole rings is 1. The molecule has 1 saturated heterocycles. The van der Waals surface area contributed by atoms with E-state index in [4.69, 9.17) is 4.42 Å². The lowest BCUT2D eigenvalue weighted by molar-refractivity contribution is 0.213. The summed E-state index contributed by atoms with van der Waals surface area (Å²) in [6.45, 7) is 4.12. The Morgan fingerprint density at radius 2 is 2.12 bits per heavy atom. The molecule has 1 fully saturated rings. The zero-order valence-electron chi connectivity index (χ0n) is 13.8. The summed E-state index contributed by atoms with van der Waals surface area (Å²) < 4.78 is 6.09. The molecule has 3 heterocycles. The Hall–Kier alpha value is -1.98. The Morgan fingerprint density at radius 1 is 1.25 bits per heavy atom. The van der Waals surface area contributed by atoms with Crippen molar-refractivity contribution in [1.29, 1.82) is 0 Å². The highest BCUT2D eigenvalue weighted by Gasteiger charge is 2.30. The van der Waals surface area contributed by atoms with E-state index in [-0.39, 0.29) is 6.04 Å². The molecule has 3 aromatic rings. The minimum absolute atomic E-state index is 0.288. The van der Waals surface area contributed by atoms with Crippen molar-refractivity contribution < 1.29 is 4.42 Å². The van der Waals surface area contributed by atoms with Crippen molar-refractivity contribution in [3.63, 3.8) is 0 Å². The average Bonchev–Trinajstić information content (AvgIpc) is 3.31. The summed E-state index contributed by atoms with van der Waals surface area (Å²) in [7, 11) is 0. The highest BCUT2D eigenvalue weighted by atomic mass is 32.1. The van der Waals surface area contributed by atoms with Crippen LogP contribution in [-0.4, -0.2) is 21.4 Å². The van der Waals surface area contributed by atoms with E-state index in [9.17, 15) is 0 Å². The molecule has 1 atom stereocenters. The van der Waals surface area contributed by atoms with Crippen LogP contribution >= 0.6 is 11.3 Å². The van der Waals surface area contributed by atoms with Crippen LogP contribution in [0.25, 0.3) is 0 Å². The van der Waals surface area contributed by atoms with Gasteiger partial charge in [-0.25, -0.2) is 9.97 Å². The van der Waals surface area contributed by atoms with E-state index < -0.39 is 0 Å². The second-order valence-corrected chi connectivity index (χ2v) is 7.26. The number of nitrogens with zero attached hydrogens (tertiary/aromatic N) is 3. The molecule has 4 rings (SSSR count). The third-order valence-corrected chi connectivity index (χ3v) is 5.55. The maximum Gasteiger partial charge on any atom is 0.211 e. The molecule has 1 aromatic carbocycles. The molecule has 0 bridgehead atoms. The van der Waals surface area contributed by atoms with Crippen molar-refractivity contribution in [2.75, 3.05) is 6.54 Å². The summed E-state index contributed by atoms with van der Waals surface area (Å²) in [6.07, 6.45) is 4.99. The van der Waals surface area contributed by atoms with Gasteiger partial charge in [0.05, 0.1) is 23.4 Å². The Kier molecular flexibility index (Phi) is 4.45. The fraction of sp³-hybridized carbons (Fsp3) is 0.368. The topological polar surface area (TPSA) is 42.2 Å². The van der Waals surface area contributed by atoms with Crippen molar-refractivity contribution in [1.82, 2.24) is 14.9 Å². The first-order valence-corrected chi connectivity index (χ1v) is 9.29. The lowest BCUT2D eigenvalue weighted by Crippen LogP contribution is -2.22. The summed E-state index contributed by atoms with van der Waals surface area (Å²) in [5, 5.41) is 0. The van der Waals surface area contributed by atoms with Gasteiger partial charge in [0.15, 0.2) is 0 Å². The van der Waals surface area contributed by atoms with Crippen LogP contribution in [0.3, 0.4) is 0 Å². The van der Waals surface area contributed by atoms with E-state index in [1.165, 1.54) is 16.9 Å². The van der Waals surface area contributed by atoms with Gasteiger partial charge >= 0.3 is 0 Å². The lowest BCUT2D eigenvalue weighted by Gasteiger charge is -2.21. The van der Waals surface area contributed by atoms with Gasteiger partial charge in [-0.3, -0.25) is 4.90 Å². The average molecular weight is 339 g/mol. The predicted octanol–water partition coefficient (Wildman–Crippen LogP) is 4.37. The third kappa shape index (κ3) is 3.28. The standard InChI is InChI=1S/C19H21N3OS/c1-14-18(24-13-21-14)12-22-9-5-8-17(22)19-20-11-16(23-19)10-15-6-3-2-4-7-15/h2-4,6-7,11,13,17H,5,8-10,12H2,1H3. The Bertz CT molecular complexity index is 796. The number of likely N-dealkylation sites (tertiary alicyclic amines) is 1. The van der Waals surface area contributed by atoms with E-state index in [1.54, 1.807) is 11.3 Å². The Morgan fingerprint density at radius 3 is 2.92 bits per heavy atom. The minimum Gasteiger partial charge on any atom is -0.444 e. The van der Waals surface area contributed by atoms with Gasteiger partial charge in [-0.15, -0.1) is 11.3 Å². The highest BCUT2D eigenvalue weighted by Crippen LogP contribution is 2.34. The summed E-state index contributed by atoms with van der Waals surface area (Å²) in [5.41, 5.74) is 4.32. The van der Waals surface area contributed by atoms with Crippen LogP contribution in [0, 0.1) is 6.92 Å². The molecular formula is C19H21N3OS. The zero-order valence-corrected chi connectivity index (χ0v) is 14.6. The summed E-state index contributed by atoms with van der Waals surface area (Å²) in [4.78, 5) is 12.8. The maximum absolute atomic E-state index is 6.09. The number of rotatable bonds is 5. The van der Waals surface area contributed by atoms with Crippen molar-refractivity contribution in [3.05, 3.63) is 69.8 Å². The van der Waals surface area contributed by atoms with E-state index in [0.29, 0.717) is 0 Å². The van der Waals surface area contributed by atoms with E-state index in [2.05, 4.69) is 46.1 Å². The zero-order chi connectivity index (χ0) is 16.4. The summed E-state index contributed by atoms with van der Waals surface area (Å²) in [6, 6.07) is 10.7. The van der Waals surface area contributed by atoms with Crippen LogP contribution in [0.2, 0.25) is 0 Å². The fourth-order valence-corrected chi connectivity index (χ4v) is 4.11. The number of benzene rings is 1. The molecule has 0 saturated carbocycles. The first-order valence-electron chi connectivity index (χ1n) is 8.41. The maximum atomic E-state index is 6.09. The van der Waals surface area contributed by atoms with Crippen LogP contribution in [0.1, 0.15) is 46.7 Å². The first-order chi connectivity index (χ1) is 11.8. The van der Waals surface area contributed by atoms with Gasteiger partial charge in [0.25, 0.3) is 0 Å². The quantitative estimate of drug-likeness (QED) is 0.692. The van der Waals surface area contributed by atoms with Gasteiger partial charge in [0.2, 0.25) is 5.89 Å². The van der Waals surface area contributed by atoms with E-state index in [0.717, 1.165) is 43.3 Å². The molecule has 1 aliphatic heterocycles. The minimum atomic E-state index is 0.288. The molecule has 0 amide bonds. The second-order valence-electron chi connectivity index (χ2n) is 6.32. The van der Waals surface area contributed by atoms with Crippen molar-refractivity contribution in [2.24, 2.45) is 0 Å². The van der Waals surface area contributed by atoms with Crippen molar-refractivity contribution in [3.8, 4) is 0 Å². The highest BCUT2D eigenvalue weighted by molar-refractivity contribution is 7.09. The van der Waals surface area contributed by atoms with Gasteiger partial charge < -0.3 is 4.42 Å². The molecule has 2 aromatic heterocycles. The van der Waals surface area contributed by atoms with Gasteiger partial charge in [-0.1, -0.05) is 30.3 Å². The lowest BCUT2D eigenvalue weighted by atomic mass is 10.1. The molecule has 1 aliphatic rings. The molecule has 4 nitrogen and oxygen atoms in total. The first kappa shape index (κ1) is 15.5. The van der Waals surface area contributed by atoms with E-state index >= 15 is 0 Å². The number of oxazole rings is 1. The van der Waals surface area contributed by atoms with Gasteiger partial charge in [-0.05, 0) is 31.9 Å². The molecule has 5 heteroatoms. The number of hydrogen-bond acceptors (Lipinski definition) is 5. The van der Waals surface area contributed by atoms with Crippen molar-refractivity contribution in [2.45, 2.75) is 38.8 Å². The molecule has 0 N–H and O–H groups in total. The Labute approximate surface area is 146 Å². The monoisotopic (exact) mass is 339 g/mol. The number of aromatic nitrogens is 2. The van der Waals surface area contributed by atoms with Gasteiger partial charge in [-0.2, -0.15) is 0 Å². The summed E-state index contributed by atoms with van der Waals surface area (Å²) >= 11 is 1.74. The fourth-order valence-electron chi connectivity index (χ4n) is 3.31. The van der Waals surface area contributed by atoms with Crippen LogP contribution in [-0.2, 0) is 13.0 Å². The van der Waals surface area contributed by atoms with Crippen LogP contribution in [0.5, 0.6) is 0 Å². The second kappa shape index (κ2) is 6.87. The van der Waals surface area contributed by atoms with Crippen LogP contribution in [0.4, 0.5) is 0 Å².